The van der Waals surface area contributed by atoms with Gasteiger partial charge in [-0.15, -0.1) is 0 Å². The zero-order valence-corrected chi connectivity index (χ0v) is 8.56. The third-order valence-electron chi connectivity index (χ3n) is 2.13. The predicted molar refractivity (Wildman–Crippen MR) is 52.1 cm³/mol. The Kier molecular flexibility index (Phi) is 3.30. The molecule has 1 aromatic rings. The average Bonchev–Trinajstić information content (AvgIpc) is 2.16. The fourth-order valence-electron chi connectivity index (χ4n) is 1.43. The Morgan fingerprint density at radius 2 is 1.86 bits per heavy atom. The lowest BCUT2D eigenvalue weighted by atomic mass is 10.1. The Balaban J connectivity index is 3.43. The van der Waals surface area contributed by atoms with Crippen molar-refractivity contribution in [3.05, 3.63) is 23.0 Å². The SMILES string of the molecule is COc1c(F)cc(C)c(CN)c1OC. The number of rotatable bonds is 3. The minimum atomic E-state index is -0.431. The van der Waals surface area contributed by atoms with Crippen LogP contribution in [0.4, 0.5) is 4.39 Å². The first-order valence-electron chi connectivity index (χ1n) is 4.25. The third-order valence-corrected chi connectivity index (χ3v) is 2.13. The second-order valence-corrected chi connectivity index (χ2v) is 2.92. The molecular weight excluding hydrogens is 185 g/mol. The van der Waals surface area contributed by atoms with Crippen LogP contribution in [-0.4, -0.2) is 14.2 Å². The summed E-state index contributed by atoms with van der Waals surface area (Å²) in [5.41, 5.74) is 7.08. The summed E-state index contributed by atoms with van der Waals surface area (Å²) >= 11 is 0. The highest BCUT2D eigenvalue weighted by Crippen LogP contribution is 2.35. The monoisotopic (exact) mass is 199 g/mol. The van der Waals surface area contributed by atoms with Gasteiger partial charge < -0.3 is 15.2 Å². The molecule has 0 fully saturated rings. The van der Waals surface area contributed by atoms with Crippen molar-refractivity contribution in [3.8, 4) is 11.5 Å². The fourth-order valence-corrected chi connectivity index (χ4v) is 1.43. The Hall–Kier alpha value is -1.29. The van der Waals surface area contributed by atoms with Gasteiger partial charge >= 0.3 is 0 Å². The molecule has 0 aromatic heterocycles. The molecule has 14 heavy (non-hydrogen) atoms. The molecule has 1 aromatic carbocycles. The van der Waals surface area contributed by atoms with Gasteiger partial charge in [-0.3, -0.25) is 0 Å². The van der Waals surface area contributed by atoms with Crippen molar-refractivity contribution in [2.24, 2.45) is 5.73 Å². The summed E-state index contributed by atoms with van der Waals surface area (Å²) < 4.78 is 23.4. The molecule has 0 saturated carbocycles. The van der Waals surface area contributed by atoms with Crippen LogP contribution in [0, 0.1) is 12.7 Å². The zero-order chi connectivity index (χ0) is 10.7. The molecule has 0 unspecified atom stereocenters. The van der Waals surface area contributed by atoms with Gasteiger partial charge in [0.25, 0.3) is 0 Å². The van der Waals surface area contributed by atoms with E-state index in [0.29, 0.717) is 12.3 Å². The minimum absolute atomic E-state index is 0.110. The Bertz CT molecular complexity index is 311. The van der Waals surface area contributed by atoms with E-state index >= 15 is 0 Å². The topological polar surface area (TPSA) is 44.5 Å². The van der Waals surface area contributed by atoms with E-state index in [1.165, 1.54) is 20.3 Å². The lowest BCUT2D eigenvalue weighted by Crippen LogP contribution is -2.05. The van der Waals surface area contributed by atoms with Crippen LogP contribution < -0.4 is 15.2 Å². The Morgan fingerprint density at radius 1 is 1.29 bits per heavy atom. The van der Waals surface area contributed by atoms with Crippen LogP contribution in [0.3, 0.4) is 0 Å². The predicted octanol–water partition coefficient (Wildman–Crippen LogP) is 1.61. The average molecular weight is 199 g/mol. The van der Waals surface area contributed by atoms with Gasteiger partial charge in [0, 0.05) is 12.1 Å². The summed E-state index contributed by atoms with van der Waals surface area (Å²) in [5.74, 6) is 0.0603. The van der Waals surface area contributed by atoms with Crippen molar-refractivity contribution in [1.82, 2.24) is 0 Å². The van der Waals surface area contributed by atoms with Gasteiger partial charge in [0.1, 0.15) is 0 Å². The van der Waals surface area contributed by atoms with Crippen molar-refractivity contribution < 1.29 is 13.9 Å². The van der Waals surface area contributed by atoms with E-state index in [1.54, 1.807) is 6.92 Å². The van der Waals surface area contributed by atoms with Crippen LogP contribution in [0.1, 0.15) is 11.1 Å². The summed E-state index contributed by atoms with van der Waals surface area (Å²) in [6.45, 7) is 2.08. The highest BCUT2D eigenvalue weighted by Gasteiger charge is 2.16. The van der Waals surface area contributed by atoms with Gasteiger partial charge in [-0.05, 0) is 18.6 Å². The fraction of sp³-hybridized carbons (Fsp3) is 0.400. The van der Waals surface area contributed by atoms with Crippen LogP contribution in [0.25, 0.3) is 0 Å². The van der Waals surface area contributed by atoms with Crippen molar-refractivity contribution in [2.45, 2.75) is 13.5 Å². The van der Waals surface area contributed by atoms with Gasteiger partial charge in [0.2, 0.25) is 0 Å². The first-order chi connectivity index (χ1) is 6.65. The Morgan fingerprint density at radius 3 is 2.29 bits per heavy atom. The van der Waals surface area contributed by atoms with Gasteiger partial charge in [-0.25, -0.2) is 4.39 Å². The van der Waals surface area contributed by atoms with Gasteiger partial charge in [0.05, 0.1) is 14.2 Å². The van der Waals surface area contributed by atoms with E-state index in [0.717, 1.165) is 11.1 Å². The van der Waals surface area contributed by atoms with E-state index < -0.39 is 5.82 Å². The van der Waals surface area contributed by atoms with Crippen molar-refractivity contribution in [3.63, 3.8) is 0 Å². The van der Waals surface area contributed by atoms with E-state index in [4.69, 9.17) is 15.2 Å². The normalized spacial score (nSPS) is 10.1. The molecule has 0 aliphatic heterocycles. The first kappa shape index (κ1) is 10.8. The zero-order valence-electron chi connectivity index (χ0n) is 8.56. The molecule has 4 heteroatoms. The molecule has 0 aliphatic rings. The highest BCUT2D eigenvalue weighted by molar-refractivity contribution is 5.51. The Labute approximate surface area is 82.6 Å². The molecule has 0 amide bonds. The number of hydrogen-bond donors (Lipinski definition) is 1. The molecule has 0 spiro atoms. The quantitative estimate of drug-likeness (QED) is 0.804. The highest BCUT2D eigenvalue weighted by atomic mass is 19.1. The van der Waals surface area contributed by atoms with Crippen LogP contribution in [0.2, 0.25) is 0 Å². The molecule has 2 N–H and O–H groups in total. The minimum Gasteiger partial charge on any atom is -0.492 e. The molecule has 0 bridgehead atoms. The lowest BCUT2D eigenvalue weighted by Gasteiger charge is -2.14. The standard InChI is InChI=1S/C10H14FNO2/c1-6-4-8(11)10(14-3)9(13-2)7(6)5-12/h4H,5,12H2,1-3H3. The summed E-state index contributed by atoms with van der Waals surface area (Å²) in [7, 11) is 2.87. The van der Waals surface area contributed by atoms with Crippen molar-refractivity contribution in [1.29, 1.82) is 0 Å². The number of halogens is 1. The third kappa shape index (κ3) is 1.65. The summed E-state index contributed by atoms with van der Waals surface area (Å²) in [6.07, 6.45) is 0. The van der Waals surface area contributed by atoms with Crippen LogP contribution in [-0.2, 0) is 6.54 Å². The summed E-state index contributed by atoms with van der Waals surface area (Å²) in [6, 6.07) is 1.39. The maximum Gasteiger partial charge on any atom is 0.197 e. The molecule has 0 saturated heterocycles. The number of hydrogen-bond acceptors (Lipinski definition) is 3. The number of methoxy groups -OCH3 is 2. The van der Waals surface area contributed by atoms with Crippen LogP contribution in [0.5, 0.6) is 11.5 Å². The smallest absolute Gasteiger partial charge is 0.197 e. The molecule has 3 nitrogen and oxygen atoms in total. The van der Waals surface area contributed by atoms with E-state index in [9.17, 15) is 4.39 Å². The van der Waals surface area contributed by atoms with Gasteiger partial charge in [-0.2, -0.15) is 0 Å². The number of aryl methyl sites for hydroxylation is 1. The number of nitrogens with two attached hydrogens (primary N) is 1. The lowest BCUT2D eigenvalue weighted by molar-refractivity contribution is 0.334. The first-order valence-corrected chi connectivity index (χ1v) is 4.25. The van der Waals surface area contributed by atoms with Gasteiger partial charge in [-0.1, -0.05) is 0 Å². The van der Waals surface area contributed by atoms with Crippen molar-refractivity contribution in [2.75, 3.05) is 14.2 Å². The molecule has 0 radical (unpaired) electrons. The molecule has 0 atom stereocenters. The summed E-state index contributed by atoms with van der Waals surface area (Å²) in [5, 5.41) is 0. The van der Waals surface area contributed by atoms with Crippen molar-refractivity contribution >= 4 is 0 Å². The number of ether oxygens (including phenoxy) is 2. The van der Waals surface area contributed by atoms with E-state index in [-0.39, 0.29) is 5.75 Å². The molecule has 0 aliphatic carbocycles. The molecule has 78 valence electrons. The summed E-state index contributed by atoms with van der Waals surface area (Å²) in [4.78, 5) is 0. The number of benzene rings is 1. The second kappa shape index (κ2) is 4.28. The van der Waals surface area contributed by atoms with E-state index in [2.05, 4.69) is 0 Å². The maximum absolute atomic E-state index is 13.4. The largest absolute Gasteiger partial charge is 0.492 e. The maximum atomic E-state index is 13.4. The second-order valence-electron chi connectivity index (χ2n) is 2.92. The molecule has 0 heterocycles. The van der Waals surface area contributed by atoms with Crippen LogP contribution >= 0.6 is 0 Å². The molecule has 1 rings (SSSR count). The van der Waals surface area contributed by atoms with Crippen LogP contribution in [0.15, 0.2) is 6.07 Å². The van der Waals surface area contributed by atoms with Gasteiger partial charge in [0.15, 0.2) is 17.3 Å². The molecular formula is C10H14FNO2. The van der Waals surface area contributed by atoms with E-state index in [1.807, 2.05) is 0 Å².